The Labute approximate surface area is 145 Å². The second-order valence-corrected chi connectivity index (χ2v) is 5.97. The van der Waals surface area contributed by atoms with Gasteiger partial charge in [-0.1, -0.05) is 23.7 Å². The van der Waals surface area contributed by atoms with Crippen LogP contribution in [-0.2, 0) is 16.1 Å². The Balaban J connectivity index is 1.69. The van der Waals surface area contributed by atoms with Gasteiger partial charge in [-0.05, 0) is 42.0 Å². The Morgan fingerprint density at radius 2 is 1.96 bits per heavy atom. The summed E-state index contributed by atoms with van der Waals surface area (Å²) in [5.74, 6) is 0.217. The largest absolute Gasteiger partial charge is 0.497 e. The third kappa shape index (κ3) is 3.42. The number of ether oxygens (including phenoxy) is 1. The molecule has 5 nitrogen and oxygen atoms in total. The summed E-state index contributed by atoms with van der Waals surface area (Å²) in [6.07, 6.45) is 0.144. The number of nitrogens with zero attached hydrogens (tertiary/aromatic N) is 1. The van der Waals surface area contributed by atoms with Crippen molar-refractivity contribution in [2.45, 2.75) is 19.0 Å². The van der Waals surface area contributed by atoms with Crippen LogP contribution in [0.4, 0.5) is 5.69 Å². The standard InChI is InChI=1S/C18H17ClN2O3/c1-24-15-7-5-14(6-8-15)21-17(22)10-16(18(21)23)20-11-12-3-2-4-13(19)9-12/h2-9,16,20H,10-11H2,1H3/t16-/m0/s1. The second-order valence-electron chi connectivity index (χ2n) is 5.53. The van der Waals surface area contributed by atoms with Crippen molar-refractivity contribution in [3.8, 4) is 5.75 Å². The Morgan fingerprint density at radius 1 is 1.21 bits per heavy atom. The Morgan fingerprint density at radius 3 is 2.62 bits per heavy atom. The summed E-state index contributed by atoms with van der Waals surface area (Å²) >= 11 is 5.95. The van der Waals surface area contributed by atoms with Gasteiger partial charge in [-0.2, -0.15) is 0 Å². The van der Waals surface area contributed by atoms with Crippen molar-refractivity contribution in [3.63, 3.8) is 0 Å². The molecule has 0 aliphatic carbocycles. The minimum atomic E-state index is -0.529. The van der Waals surface area contributed by atoms with Gasteiger partial charge in [0, 0.05) is 11.6 Å². The number of nitrogens with one attached hydrogen (secondary N) is 1. The highest BCUT2D eigenvalue weighted by Gasteiger charge is 2.39. The summed E-state index contributed by atoms with van der Waals surface area (Å²) < 4.78 is 5.09. The van der Waals surface area contributed by atoms with Gasteiger partial charge >= 0.3 is 0 Å². The normalized spacial score (nSPS) is 17.4. The number of benzene rings is 2. The van der Waals surface area contributed by atoms with Crippen LogP contribution in [0.15, 0.2) is 48.5 Å². The minimum Gasteiger partial charge on any atom is -0.497 e. The van der Waals surface area contributed by atoms with E-state index in [1.807, 2.05) is 18.2 Å². The maximum absolute atomic E-state index is 12.5. The van der Waals surface area contributed by atoms with E-state index in [-0.39, 0.29) is 18.2 Å². The number of carbonyl (C=O) groups is 2. The molecule has 1 N–H and O–H groups in total. The number of anilines is 1. The van der Waals surface area contributed by atoms with Crippen molar-refractivity contribution in [1.82, 2.24) is 5.32 Å². The van der Waals surface area contributed by atoms with Crippen LogP contribution in [0.2, 0.25) is 5.02 Å². The van der Waals surface area contributed by atoms with Gasteiger partial charge in [0.25, 0.3) is 5.91 Å². The molecule has 0 spiro atoms. The first kappa shape index (κ1) is 16.5. The Hall–Kier alpha value is -2.37. The quantitative estimate of drug-likeness (QED) is 0.847. The van der Waals surface area contributed by atoms with E-state index >= 15 is 0 Å². The van der Waals surface area contributed by atoms with Gasteiger partial charge < -0.3 is 10.1 Å². The van der Waals surface area contributed by atoms with E-state index in [9.17, 15) is 9.59 Å². The van der Waals surface area contributed by atoms with E-state index in [4.69, 9.17) is 16.3 Å². The van der Waals surface area contributed by atoms with Gasteiger partial charge in [-0.3, -0.25) is 9.59 Å². The molecular formula is C18H17ClN2O3. The van der Waals surface area contributed by atoms with E-state index in [0.29, 0.717) is 23.0 Å². The summed E-state index contributed by atoms with van der Waals surface area (Å²) in [5, 5.41) is 3.77. The molecular weight excluding hydrogens is 328 g/mol. The number of rotatable bonds is 5. The van der Waals surface area contributed by atoms with Crippen LogP contribution in [0.3, 0.4) is 0 Å². The van der Waals surface area contributed by atoms with Crippen molar-refractivity contribution in [3.05, 3.63) is 59.1 Å². The number of hydrogen-bond donors (Lipinski definition) is 1. The molecule has 0 bridgehead atoms. The monoisotopic (exact) mass is 344 g/mol. The predicted octanol–water partition coefficient (Wildman–Crippen LogP) is 2.77. The summed E-state index contributed by atoms with van der Waals surface area (Å²) in [6.45, 7) is 0.473. The number of methoxy groups -OCH3 is 1. The van der Waals surface area contributed by atoms with E-state index in [1.54, 1.807) is 37.4 Å². The lowest BCUT2D eigenvalue weighted by molar-refractivity contribution is -0.121. The third-order valence-electron chi connectivity index (χ3n) is 3.92. The van der Waals surface area contributed by atoms with Crippen LogP contribution in [0.5, 0.6) is 5.75 Å². The molecule has 124 valence electrons. The zero-order chi connectivity index (χ0) is 17.1. The molecule has 0 unspecified atom stereocenters. The SMILES string of the molecule is COc1ccc(N2C(=O)C[C@H](NCc3cccc(Cl)c3)C2=O)cc1. The first-order valence-electron chi connectivity index (χ1n) is 7.57. The molecule has 1 aliphatic rings. The smallest absolute Gasteiger partial charge is 0.251 e. The molecule has 1 fully saturated rings. The van der Waals surface area contributed by atoms with Gasteiger partial charge in [0.2, 0.25) is 5.91 Å². The average Bonchev–Trinajstić information content (AvgIpc) is 2.87. The highest BCUT2D eigenvalue weighted by molar-refractivity contribution is 6.30. The fraction of sp³-hybridized carbons (Fsp3) is 0.222. The van der Waals surface area contributed by atoms with Crippen LogP contribution >= 0.6 is 11.6 Å². The summed E-state index contributed by atoms with van der Waals surface area (Å²) in [5.41, 5.74) is 1.52. The number of imide groups is 1. The van der Waals surface area contributed by atoms with E-state index in [2.05, 4.69) is 5.32 Å². The lowest BCUT2D eigenvalue weighted by Gasteiger charge is -2.16. The van der Waals surface area contributed by atoms with Crippen molar-refractivity contribution >= 4 is 29.1 Å². The van der Waals surface area contributed by atoms with Gasteiger partial charge in [0.1, 0.15) is 5.75 Å². The first-order valence-corrected chi connectivity index (χ1v) is 7.95. The summed E-state index contributed by atoms with van der Waals surface area (Å²) in [4.78, 5) is 26.0. The molecule has 3 rings (SSSR count). The zero-order valence-corrected chi connectivity index (χ0v) is 13.9. The fourth-order valence-electron chi connectivity index (χ4n) is 2.68. The molecule has 2 aromatic rings. The number of halogens is 1. The summed E-state index contributed by atoms with van der Waals surface area (Å²) in [6, 6.07) is 13.7. The molecule has 0 aromatic heterocycles. The molecule has 2 amide bonds. The second kappa shape index (κ2) is 7.03. The topological polar surface area (TPSA) is 58.6 Å². The minimum absolute atomic E-state index is 0.144. The predicted molar refractivity (Wildman–Crippen MR) is 92.2 cm³/mol. The van der Waals surface area contributed by atoms with Crippen LogP contribution in [-0.4, -0.2) is 25.0 Å². The number of carbonyl (C=O) groups excluding carboxylic acids is 2. The van der Waals surface area contributed by atoms with Gasteiger partial charge in [0.15, 0.2) is 0 Å². The van der Waals surface area contributed by atoms with E-state index in [0.717, 1.165) is 5.56 Å². The van der Waals surface area contributed by atoms with Crippen LogP contribution < -0.4 is 15.0 Å². The average molecular weight is 345 g/mol. The highest BCUT2D eigenvalue weighted by Crippen LogP contribution is 2.25. The Bertz CT molecular complexity index is 761. The van der Waals surface area contributed by atoms with Crippen molar-refractivity contribution in [2.24, 2.45) is 0 Å². The maximum atomic E-state index is 12.5. The van der Waals surface area contributed by atoms with Gasteiger partial charge in [0.05, 0.1) is 25.3 Å². The lowest BCUT2D eigenvalue weighted by atomic mass is 10.2. The molecule has 1 aliphatic heterocycles. The number of amides is 2. The van der Waals surface area contributed by atoms with E-state index < -0.39 is 6.04 Å². The zero-order valence-electron chi connectivity index (χ0n) is 13.2. The molecule has 0 saturated carbocycles. The van der Waals surface area contributed by atoms with Crippen molar-refractivity contribution in [1.29, 1.82) is 0 Å². The molecule has 2 aromatic carbocycles. The summed E-state index contributed by atoms with van der Waals surface area (Å²) in [7, 11) is 1.57. The fourth-order valence-corrected chi connectivity index (χ4v) is 2.89. The third-order valence-corrected chi connectivity index (χ3v) is 4.15. The molecule has 6 heteroatoms. The van der Waals surface area contributed by atoms with Gasteiger partial charge in [-0.25, -0.2) is 4.90 Å². The molecule has 1 heterocycles. The van der Waals surface area contributed by atoms with E-state index in [1.165, 1.54) is 4.90 Å². The van der Waals surface area contributed by atoms with Crippen LogP contribution in [0, 0.1) is 0 Å². The molecule has 0 radical (unpaired) electrons. The highest BCUT2D eigenvalue weighted by atomic mass is 35.5. The first-order chi connectivity index (χ1) is 11.6. The van der Waals surface area contributed by atoms with Crippen LogP contribution in [0.25, 0.3) is 0 Å². The van der Waals surface area contributed by atoms with Gasteiger partial charge in [-0.15, -0.1) is 0 Å². The number of hydrogen-bond acceptors (Lipinski definition) is 4. The van der Waals surface area contributed by atoms with Crippen molar-refractivity contribution in [2.75, 3.05) is 12.0 Å². The van der Waals surface area contributed by atoms with Crippen molar-refractivity contribution < 1.29 is 14.3 Å². The lowest BCUT2D eigenvalue weighted by Crippen LogP contribution is -2.38. The molecule has 1 saturated heterocycles. The molecule has 24 heavy (non-hydrogen) atoms. The maximum Gasteiger partial charge on any atom is 0.251 e. The Kier molecular flexibility index (Phi) is 4.83. The molecule has 1 atom stereocenters. The van der Waals surface area contributed by atoms with Crippen LogP contribution in [0.1, 0.15) is 12.0 Å².